The van der Waals surface area contributed by atoms with E-state index in [-0.39, 0.29) is 24.2 Å². The first-order valence-electron chi connectivity index (χ1n) is 9.14. The molecule has 9 heteroatoms. The smallest absolute Gasteiger partial charge is 0.329 e. The number of nitrogens with zero attached hydrogens (tertiary/aromatic N) is 1. The Morgan fingerprint density at radius 1 is 1.41 bits per heavy atom. The van der Waals surface area contributed by atoms with Crippen molar-refractivity contribution < 1.29 is 14.3 Å². The minimum Gasteiger partial charge on any atom is -0.376 e. The zero-order valence-electron chi connectivity index (χ0n) is 15.4. The number of H-pyrrole nitrogens is 1. The summed E-state index contributed by atoms with van der Waals surface area (Å²) in [6.45, 7) is 5.17. The molecule has 0 bridgehead atoms. The van der Waals surface area contributed by atoms with E-state index in [4.69, 9.17) is 9.47 Å². The lowest BCUT2D eigenvalue weighted by atomic mass is 9.94. The molecule has 1 atom stereocenters. The fourth-order valence-corrected chi connectivity index (χ4v) is 4.75. The molecule has 0 saturated carbocycles. The van der Waals surface area contributed by atoms with E-state index in [1.54, 1.807) is 0 Å². The van der Waals surface area contributed by atoms with E-state index >= 15 is 0 Å². The first-order valence-corrected chi connectivity index (χ1v) is 9.95. The molecule has 0 spiro atoms. The Labute approximate surface area is 159 Å². The highest BCUT2D eigenvalue weighted by atomic mass is 32.1. The van der Waals surface area contributed by atoms with Crippen LogP contribution in [0.15, 0.2) is 9.59 Å². The molecule has 2 aromatic rings. The Kier molecular flexibility index (Phi) is 4.69. The molecule has 2 N–H and O–H groups in total. The quantitative estimate of drug-likeness (QED) is 0.803. The number of carbonyl (C=O) groups is 1. The number of amides is 1. The van der Waals surface area contributed by atoms with Crippen LogP contribution < -0.4 is 16.6 Å². The maximum Gasteiger partial charge on any atom is 0.329 e. The van der Waals surface area contributed by atoms with Crippen LogP contribution in [0.1, 0.15) is 37.1 Å². The zero-order valence-corrected chi connectivity index (χ0v) is 16.2. The van der Waals surface area contributed by atoms with Gasteiger partial charge in [0, 0.05) is 24.4 Å². The number of thiophene rings is 1. The van der Waals surface area contributed by atoms with Crippen molar-refractivity contribution in [2.75, 3.05) is 13.2 Å². The summed E-state index contributed by atoms with van der Waals surface area (Å²) >= 11 is 1.37. The summed E-state index contributed by atoms with van der Waals surface area (Å²) in [6.07, 6.45) is 2.50. The van der Waals surface area contributed by atoms with Crippen LogP contribution in [0.25, 0.3) is 10.2 Å². The minimum absolute atomic E-state index is 0.0116. The topological polar surface area (TPSA) is 102 Å². The normalized spacial score (nSPS) is 21.3. The van der Waals surface area contributed by atoms with Gasteiger partial charge in [0.1, 0.15) is 11.4 Å². The van der Waals surface area contributed by atoms with Gasteiger partial charge in [-0.1, -0.05) is 0 Å². The molecule has 0 aliphatic carbocycles. The van der Waals surface area contributed by atoms with Gasteiger partial charge >= 0.3 is 5.69 Å². The fraction of sp³-hybridized carbons (Fsp3) is 0.611. The number of nitrogens with one attached hydrogen (secondary N) is 2. The van der Waals surface area contributed by atoms with Gasteiger partial charge in [0.25, 0.3) is 5.56 Å². The number of fused-ring (bicyclic) bond motifs is 3. The molecule has 8 nitrogen and oxygen atoms in total. The molecule has 1 saturated heterocycles. The summed E-state index contributed by atoms with van der Waals surface area (Å²) in [5.41, 5.74) is -0.441. The third kappa shape index (κ3) is 3.59. The number of ether oxygens (including phenoxy) is 2. The van der Waals surface area contributed by atoms with Crippen molar-refractivity contribution in [2.45, 2.75) is 58.0 Å². The lowest BCUT2D eigenvalue weighted by molar-refractivity contribution is -0.122. The Morgan fingerprint density at radius 3 is 2.96 bits per heavy atom. The van der Waals surface area contributed by atoms with Crippen molar-refractivity contribution in [1.82, 2.24) is 14.9 Å². The zero-order chi connectivity index (χ0) is 19.2. The molecule has 0 radical (unpaired) electrons. The first-order chi connectivity index (χ1) is 12.8. The van der Waals surface area contributed by atoms with E-state index < -0.39 is 11.2 Å². The molecule has 2 aliphatic rings. The average Bonchev–Trinajstić information content (AvgIpc) is 3.23. The van der Waals surface area contributed by atoms with Gasteiger partial charge in [-0.2, -0.15) is 0 Å². The van der Waals surface area contributed by atoms with Crippen LogP contribution in [0, 0.1) is 0 Å². The number of carbonyl (C=O) groups excluding carboxylic acids is 1. The van der Waals surface area contributed by atoms with Gasteiger partial charge in [0.2, 0.25) is 5.91 Å². The van der Waals surface area contributed by atoms with Crippen molar-refractivity contribution in [2.24, 2.45) is 0 Å². The van der Waals surface area contributed by atoms with Crippen LogP contribution in [-0.2, 0) is 33.8 Å². The molecule has 0 unspecified atom stereocenters. The van der Waals surface area contributed by atoms with E-state index in [2.05, 4.69) is 10.3 Å². The summed E-state index contributed by atoms with van der Waals surface area (Å²) in [5, 5.41) is 3.25. The summed E-state index contributed by atoms with van der Waals surface area (Å²) in [7, 11) is 0. The Morgan fingerprint density at radius 2 is 2.22 bits per heavy atom. The monoisotopic (exact) mass is 393 g/mol. The summed E-state index contributed by atoms with van der Waals surface area (Å²) in [5.74, 6) is -0.370. The molecule has 4 heterocycles. The maximum atomic E-state index is 13.0. The molecule has 2 aromatic heterocycles. The second-order valence-corrected chi connectivity index (χ2v) is 8.80. The van der Waals surface area contributed by atoms with Crippen LogP contribution in [0.4, 0.5) is 0 Å². The maximum absolute atomic E-state index is 13.0. The van der Waals surface area contributed by atoms with E-state index in [0.29, 0.717) is 36.4 Å². The van der Waals surface area contributed by atoms with Crippen molar-refractivity contribution in [3.8, 4) is 0 Å². The highest BCUT2D eigenvalue weighted by Crippen LogP contribution is 2.36. The molecule has 146 valence electrons. The Balaban J connectivity index is 1.62. The van der Waals surface area contributed by atoms with Crippen molar-refractivity contribution in [3.63, 3.8) is 0 Å². The number of hydrogen-bond donors (Lipinski definition) is 2. The van der Waals surface area contributed by atoms with Gasteiger partial charge < -0.3 is 14.8 Å². The van der Waals surface area contributed by atoms with Crippen LogP contribution in [-0.4, -0.2) is 40.3 Å². The number of rotatable bonds is 4. The summed E-state index contributed by atoms with van der Waals surface area (Å²) in [6, 6.07) is 0. The van der Waals surface area contributed by atoms with Gasteiger partial charge in [-0.15, -0.1) is 11.3 Å². The van der Waals surface area contributed by atoms with E-state index in [1.807, 2.05) is 13.8 Å². The van der Waals surface area contributed by atoms with Gasteiger partial charge in [0.05, 0.1) is 23.7 Å². The Hall–Kier alpha value is -1.97. The van der Waals surface area contributed by atoms with Gasteiger partial charge in [0.15, 0.2) is 0 Å². The van der Waals surface area contributed by atoms with E-state index in [0.717, 1.165) is 27.8 Å². The van der Waals surface area contributed by atoms with Crippen LogP contribution >= 0.6 is 11.3 Å². The van der Waals surface area contributed by atoms with Crippen molar-refractivity contribution >= 4 is 27.5 Å². The lowest BCUT2D eigenvalue weighted by Crippen LogP contribution is -2.42. The standard InChI is InChI=1S/C18H23N3O5S/c1-18(2)6-11-12(9-26-18)27-15-14(11)16(23)21(17(24)20-15)8-13(22)19-7-10-4-3-5-25-10/h10H,3-9H2,1-2H3,(H,19,22)(H,20,24)/t10-/m1/s1. The third-order valence-corrected chi connectivity index (χ3v) is 6.19. The molecule has 4 rings (SSSR count). The second-order valence-electron chi connectivity index (χ2n) is 7.69. The predicted octanol–water partition coefficient (Wildman–Crippen LogP) is 0.898. The third-order valence-electron chi connectivity index (χ3n) is 5.06. The first kappa shape index (κ1) is 18.4. The molecule has 27 heavy (non-hydrogen) atoms. The second kappa shape index (κ2) is 6.88. The summed E-state index contributed by atoms with van der Waals surface area (Å²) < 4.78 is 12.2. The SMILES string of the molecule is CC1(C)Cc2c(sc3[nH]c(=O)n(CC(=O)NC[C@H]4CCCO4)c(=O)c23)CO1. The highest BCUT2D eigenvalue weighted by Gasteiger charge is 2.31. The largest absolute Gasteiger partial charge is 0.376 e. The fourth-order valence-electron chi connectivity index (χ4n) is 3.64. The van der Waals surface area contributed by atoms with Gasteiger partial charge in [-0.25, -0.2) is 4.79 Å². The molecule has 0 aromatic carbocycles. The lowest BCUT2D eigenvalue weighted by Gasteiger charge is -2.29. The van der Waals surface area contributed by atoms with Crippen LogP contribution in [0.3, 0.4) is 0 Å². The molecule has 2 aliphatic heterocycles. The minimum atomic E-state index is -0.571. The van der Waals surface area contributed by atoms with Crippen molar-refractivity contribution in [1.29, 1.82) is 0 Å². The molecule has 1 amide bonds. The predicted molar refractivity (Wildman–Crippen MR) is 101 cm³/mol. The van der Waals surface area contributed by atoms with Crippen LogP contribution in [0.5, 0.6) is 0 Å². The molecule has 1 fully saturated rings. The summed E-state index contributed by atoms with van der Waals surface area (Å²) in [4.78, 5) is 41.9. The van der Waals surface area contributed by atoms with Crippen molar-refractivity contribution in [3.05, 3.63) is 31.3 Å². The molecular formula is C18H23N3O5S. The van der Waals surface area contributed by atoms with Gasteiger partial charge in [-0.05, 0) is 32.3 Å². The van der Waals surface area contributed by atoms with E-state index in [9.17, 15) is 14.4 Å². The Bertz CT molecular complexity index is 997. The van der Waals surface area contributed by atoms with E-state index in [1.165, 1.54) is 11.3 Å². The molecular weight excluding hydrogens is 370 g/mol. The highest BCUT2D eigenvalue weighted by molar-refractivity contribution is 7.18. The van der Waals surface area contributed by atoms with Crippen LogP contribution in [0.2, 0.25) is 0 Å². The number of hydrogen-bond acceptors (Lipinski definition) is 6. The van der Waals surface area contributed by atoms with Gasteiger partial charge in [-0.3, -0.25) is 19.1 Å². The number of aromatic nitrogens is 2. The average molecular weight is 393 g/mol. The number of aromatic amines is 1.